The summed E-state index contributed by atoms with van der Waals surface area (Å²) in [5.41, 5.74) is 3.41. The first-order chi connectivity index (χ1) is 13.9. The van der Waals surface area contributed by atoms with Gasteiger partial charge in [0.2, 0.25) is 5.91 Å². The second-order valence-electron chi connectivity index (χ2n) is 7.14. The maximum Gasteiger partial charge on any atom is 0.311 e. The number of nitrogens with zero attached hydrogens (tertiary/aromatic N) is 1. The van der Waals surface area contributed by atoms with E-state index in [0.29, 0.717) is 17.1 Å². The second kappa shape index (κ2) is 8.77. The molecule has 0 bridgehead atoms. The highest BCUT2D eigenvalue weighted by molar-refractivity contribution is 6.00. The molecule has 1 aliphatic rings. The smallest absolute Gasteiger partial charge is 0.311 e. The number of methoxy groups -OCH3 is 1. The lowest BCUT2D eigenvalue weighted by atomic mass is 10.1. The highest BCUT2D eigenvalue weighted by Crippen LogP contribution is 2.27. The summed E-state index contributed by atoms with van der Waals surface area (Å²) in [5, 5.41) is 2.72. The van der Waals surface area contributed by atoms with Crippen LogP contribution < -0.4 is 15.0 Å². The first-order valence-electron chi connectivity index (χ1n) is 9.35. The van der Waals surface area contributed by atoms with Crippen LogP contribution in [0.5, 0.6) is 5.75 Å². The van der Waals surface area contributed by atoms with Crippen molar-refractivity contribution in [2.75, 3.05) is 30.5 Å². The lowest BCUT2D eigenvalue weighted by Gasteiger charge is -2.17. The zero-order chi connectivity index (χ0) is 21.0. The highest BCUT2D eigenvalue weighted by atomic mass is 16.5. The molecule has 2 aromatic rings. The van der Waals surface area contributed by atoms with Gasteiger partial charge in [0.05, 0.1) is 13.0 Å². The third-order valence-corrected chi connectivity index (χ3v) is 4.69. The summed E-state index contributed by atoms with van der Waals surface area (Å²) >= 11 is 0. The highest BCUT2D eigenvalue weighted by Gasteiger charge is 2.36. The van der Waals surface area contributed by atoms with E-state index in [1.165, 1.54) is 0 Å². The van der Waals surface area contributed by atoms with Gasteiger partial charge in [-0.25, -0.2) is 0 Å². The van der Waals surface area contributed by atoms with Crippen molar-refractivity contribution in [3.63, 3.8) is 0 Å². The minimum atomic E-state index is -0.599. The lowest BCUT2D eigenvalue weighted by Crippen LogP contribution is -2.28. The Kier molecular flexibility index (Phi) is 6.16. The van der Waals surface area contributed by atoms with Crippen molar-refractivity contribution in [1.29, 1.82) is 0 Å². The third-order valence-electron chi connectivity index (χ3n) is 4.69. The Morgan fingerprint density at radius 2 is 1.76 bits per heavy atom. The molecule has 1 saturated heterocycles. The fourth-order valence-electron chi connectivity index (χ4n) is 3.38. The molecule has 152 valence electrons. The van der Waals surface area contributed by atoms with Crippen molar-refractivity contribution in [3.8, 4) is 5.75 Å². The van der Waals surface area contributed by atoms with Gasteiger partial charge in [0, 0.05) is 24.3 Å². The Balaban J connectivity index is 1.52. The topological polar surface area (TPSA) is 84.9 Å². The number of aryl methyl sites for hydroxylation is 2. The van der Waals surface area contributed by atoms with Gasteiger partial charge in [0.15, 0.2) is 6.61 Å². The van der Waals surface area contributed by atoms with Gasteiger partial charge in [-0.05, 0) is 61.4 Å². The van der Waals surface area contributed by atoms with Crippen LogP contribution in [0.2, 0.25) is 0 Å². The number of amides is 2. The Morgan fingerprint density at radius 1 is 1.10 bits per heavy atom. The van der Waals surface area contributed by atoms with Crippen molar-refractivity contribution in [2.45, 2.75) is 20.3 Å². The van der Waals surface area contributed by atoms with Crippen LogP contribution >= 0.6 is 0 Å². The molecule has 2 amide bonds. The summed E-state index contributed by atoms with van der Waals surface area (Å²) in [7, 11) is 1.57. The second-order valence-corrected chi connectivity index (χ2v) is 7.14. The Bertz CT molecular complexity index is 903. The van der Waals surface area contributed by atoms with Crippen LogP contribution in [0, 0.1) is 19.8 Å². The van der Waals surface area contributed by atoms with E-state index in [1.807, 2.05) is 32.0 Å². The summed E-state index contributed by atoms with van der Waals surface area (Å²) in [6.45, 7) is 3.71. The van der Waals surface area contributed by atoms with Crippen LogP contribution in [0.3, 0.4) is 0 Å². The fourth-order valence-corrected chi connectivity index (χ4v) is 3.38. The largest absolute Gasteiger partial charge is 0.497 e. The number of anilines is 2. The molecule has 29 heavy (non-hydrogen) atoms. The molecule has 0 aromatic heterocycles. The first kappa shape index (κ1) is 20.4. The SMILES string of the molecule is COc1ccc(N2C[C@@H](C(=O)OCC(=O)Nc3cc(C)cc(C)c3)CC2=O)cc1. The van der Waals surface area contributed by atoms with E-state index < -0.39 is 17.8 Å². The van der Waals surface area contributed by atoms with Crippen LogP contribution in [0.15, 0.2) is 42.5 Å². The van der Waals surface area contributed by atoms with Crippen molar-refractivity contribution in [2.24, 2.45) is 5.92 Å². The molecule has 0 unspecified atom stereocenters. The van der Waals surface area contributed by atoms with Gasteiger partial charge < -0.3 is 19.7 Å². The summed E-state index contributed by atoms with van der Waals surface area (Å²) in [5.74, 6) is -1.04. The number of benzene rings is 2. The average Bonchev–Trinajstić information content (AvgIpc) is 3.07. The van der Waals surface area contributed by atoms with Gasteiger partial charge in [-0.3, -0.25) is 14.4 Å². The quantitative estimate of drug-likeness (QED) is 0.759. The van der Waals surface area contributed by atoms with Crippen LogP contribution in [-0.2, 0) is 19.1 Å². The number of esters is 1. The number of hydrogen-bond donors (Lipinski definition) is 1. The van der Waals surface area contributed by atoms with E-state index in [-0.39, 0.29) is 25.5 Å². The maximum absolute atomic E-state index is 12.3. The zero-order valence-corrected chi connectivity index (χ0v) is 16.7. The van der Waals surface area contributed by atoms with Crippen molar-refractivity contribution < 1.29 is 23.9 Å². The molecule has 1 atom stereocenters. The molecular weight excluding hydrogens is 372 g/mol. The van der Waals surface area contributed by atoms with Gasteiger partial charge >= 0.3 is 5.97 Å². The fraction of sp³-hybridized carbons (Fsp3) is 0.318. The molecule has 0 saturated carbocycles. The Labute approximate surface area is 169 Å². The predicted molar refractivity (Wildman–Crippen MR) is 109 cm³/mol. The predicted octanol–water partition coefficient (Wildman–Crippen LogP) is 2.85. The minimum absolute atomic E-state index is 0.0591. The zero-order valence-electron chi connectivity index (χ0n) is 16.7. The molecular formula is C22H24N2O5. The molecule has 0 aliphatic carbocycles. The average molecular weight is 396 g/mol. The summed E-state index contributed by atoms with van der Waals surface area (Å²) in [4.78, 5) is 38.3. The van der Waals surface area contributed by atoms with Gasteiger partial charge in [-0.1, -0.05) is 6.07 Å². The van der Waals surface area contributed by atoms with E-state index in [4.69, 9.17) is 9.47 Å². The molecule has 1 heterocycles. The molecule has 3 rings (SSSR count). The maximum atomic E-state index is 12.3. The number of carbonyl (C=O) groups is 3. The molecule has 0 spiro atoms. The number of rotatable bonds is 6. The van der Waals surface area contributed by atoms with E-state index in [9.17, 15) is 14.4 Å². The molecule has 7 heteroatoms. The number of hydrogen-bond acceptors (Lipinski definition) is 5. The molecule has 1 N–H and O–H groups in total. The molecule has 0 radical (unpaired) electrons. The Hall–Kier alpha value is -3.35. The van der Waals surface area contributed by atoms with Crippen molar-refractivity contribution in [3.05, 3.63) is 53.6 Å². The minimum Gasteiger partial charge on any atom is -0.497 e. The lowest BCUT2D eigenvalue weighted by molar-refractivity contribution is -0.151. The van der Waals surface area contributed by atoms with Crippen LogP contribution in [0.1, 0.15) is 17.5 Å². The van der Waals surface area contributed by atoms with Gasteiger partial charge in [0.25, 0.3) is 5.91 Å². The standard InChI is InChI=1S/C22H24N2O5/c1-14-8-15(2)10-17(9-14)23-20(25)13-29-22(27)16-11-21(26)24(12-16)18-4-6-19(28-3)7-5-18/h4-10,16H,11-13H2,1-3H3,(H,23,25)/t16-/m0/s1. The molecule has 1 fully saturated rings. The normalized spacial score (nSPS) is 15.9. The van der Waals surface area contributed by atoms with E-state index in [0.717, 1.165) is 11.1 Å². The van der Waals surface area contributed by atoms with E-state index in [2.05, 4.69) is 5.32 Å². The summed E-state index contributed by atoms with van der Waals surface area (Å²) < 4.78 is 10.3. The van der Waals surface area contributed by atoms with Crippen LogP contribution in [0.4, 0.5) is 11.4 Å². The number of ether oxygens (including phenoxy) is 2. The monoisotopic (exact) mass is 396 g/mol. The van der Waals surface area contributed by atoms with Gasteiger partial charge in [0.1, 0.15) is 5.75 Å². The van der Waals surface area contributed by atoms with E-state index in [1.54, 1.807) is 36.3 Å². The first-order valence-corrected chi connectivity index (χ1v) is 9.35. The van der Waals surface area contributed by atoms with Crippen LogP contribution in [-0.4, -0.2) is 38.0 Å². The Morgan fingerprint density at radius 3 is 2.38 bits per heavy atom. The van der Waals surface area contributed by atoms with E-state index >= 15 is 0 Å². The molecule has 1 aliphatic heterocycles. The summed E-state index contributed by atoms with van der Waals surface area (Å²) in [6, 6.07) is 12.7. The number of carbonyl (C=O) groups excluding carboxylic acids is 3. The van der Waals surface area contributed by atoms with Gasteiger partial charge in [-0.2, -0.15) is 0 Å². The number of nitrogens with one attached hydrogen (secondary N) is 1. The summed E-state index contributed by atoms with van der Waals surface area (Å²) in [6.07, 6.45) is 0.0591. The van der Waals surface area contributed by atoms with Crippen molar-refractivity contribution >= 4 is 29.2 Å². The van der Waals surface area contributed by atoms with Crippen molar-refractivity contribution in [1.82, 2.24) is 0 Å². The van der Waals surface area contributed by atoms with Crippen LogP contribution in [0.25, 0.3) is 0 Å². The van der Waals surface area contributed by atoms with Gasteiger partial charge in [-0.15, -0.1) is 0 Å². The molecule has 2 aromatic carbocycles. The third kappa shape index (κ3) is 5.13. The molecule has 7 nitrogen and oxygen atoms in total.